The molecule has 3 aromatic rings. The quantitative estimate of drug-likeness (QED) is 0.419. The van der Waals surface area contributed by atoms with E-state index in [-0.39, 0.29) is 29.5 Å². The summed E-state index contributed by atoms with van der Waals surface area (Å²) < 4.78 is 51.2. The van der Waals surface area contributed by atoms with Crippen molar-refractivity contribution >= 4 is 5.91 Å². The summed E-state index contributed by atoms with van der Waals surface area (Å²) in [4.78, 5) is 21.6. The van der Waals surface area contributed by atoms with Crippen LogP contribution in [-0.2, 0) is 17.5 Å². The summed E-state index contributed by atoms with van der Waals surface area (Å²) in [6.45, 7) is 2.47. The van der Waals surface area contributed by atoms with Crippen molar-refractivity contribution in [1.29, 1.82) is 0 Å². The molecule has 0 aliphatic carbocycles. The Hall–Kier alpha value is -3.58. The van der Waals surface area contributed by atoms with Crippen LogP contribution in [0.4, 0.5) is 13.2 Å². The van der Waals surface area contributed by atoms with Gasteiger partial charge in [0, 0.05) is 30.8 Å². The Morgan fingerprint density at radius 3 is 2.39 bits per heavy atom. The predicted molar refractivity (Wildman–Crippen MR) is 121 cm³/mol. The number of amides is 1. The van der Waals surface area contributed by atoms with E-state index in [0.717, 1.165) is 18.2 Å². The minimum absolute atomic E-state index is 0.0310. The fourth-order valence-corrected chi connectivity index (χ4v) is 3.63. The van der Waals surface area contributed by atoms with Gasteiger partial charge in [-0.2, -0.15) is 13.2 Å². The summed E-state index contributed by atoms with van der Waals surface area (Å²) >= 11 is 0. The molecule has 2 heterocycles. The summed E-state index contributed by atoms with van der Waals surface area (Å²) in [6.07, 6.45) is -6.42. The number of benzene rings is 2. The lowest BCUT2D eigenvalue weighted by Crippen LogP contribution is -2.35. The molecular weight excluding hydrogens is 481 g/mol. The number of rotatable bonds is 7. The number of ether oxygens (including phenoxy) is 2. The van der Waals surface area contributed by atoms with Gasteiger partial charge < -0.3 is 25.4 Å². The zero-order valence-corrected chi connectivity index (χ0v) is 18.9. The number of aliphatic hydroxyl groups excluding tert-OH is 1. The maximum absolute atomic E-state index is 13.3. The number of carbonyl (C=O) groups excluding carboxylic acids is 1. The molecule has 1 aromatic heterocycles. The number of nitrogens with two attached hydrogens (primary N) is 1. The second kappa shape index (κ2) is 10.6. The largest absolute Gasteiger partial charge is 0.457 e. The Labute approximate surface area is 203 Å². The molecule has 12 heteroatoms. The zero-order valence-electron chi connectivity index (χ0n) is 18.9. The second-order valence-electron chi connectivity index (χ2n) is 8.07. The minimum Gasteiger partial charge on any atom is -0.457 e. The molecule has 0 radical (unpaired) electrons. The highest BCUT2D eigenvalue weighted by molar-refractivity contribution is 5.91. The van der Waals surface area contributed by atoms with E-state index < -0.39 is 23.9 Å². The van der Waals surface area contributed by atoms with Gasteiger partial charge in [0.25, 0.3) is 5.91 Å². The van der Waals surface area contributed by atoms with Crippen molar-refractivity contribution in [3.05, 3.63) is 71.0 Å². The number of aliphatic hydroxyl groups is 2. The van der Waals surface area contributed by atoms with Gasteiger partial charge in [0.2, 0.25) is 0 Å². The number of aromatic nitrogens is 2. The van der Waals surface area contributed by atoms with E-state index in [1.807, 2.05) is 4.90 Å². The molecule has 0 unspecified atom stereocenters. The first-order valence-corrected chi connectivity index (χ1v) is 10.9. The van der Waals surface area contributed by atoms with Crippen molar-refractivity contribution in [2.24, 2.45) is 5.73 Å². The fraction of sp³-hybridized carbons (Fsp3) is 0.292. The molecule has 0 atom stereocenters. The average molecular weight is 504 g/mol. The monoisotopic (exact) mass is 504 g/mol. The molecule has 0 bridgehead atoms. The zero-order chi connectivity index (χ0) is 25.9. The third-order valence-corrected chi connectivity index (χ3v) is 5.49. The molecule has 190 valence electrons. The Bertz CT molecular complexity index is 1230. The smallest absolute Gasteiger partial charge is 0.416 e. The maximum atomic E-state index is 13.3. The number of hydrogen-bond acceptors (Lipinski definition) is 8. The lowest BCUT2D eigenvalue weighted by Gasteiger charge is -2.27. The van der Waals surface area contributed by atoms with Gasteiger partial charge in [-0.1, -0.05) is 0 Å². The number of halogens is 3. The van der Waals surface area contributed by atoms with Crippen molar-refractivity contribution in [3.63, 3.8) is 0 Å². The Kier molecular flexibility index (Phi) is 7.50. The van der Waals surface area contributed by atoms with Crippen LogP contribution >= 0.6 is 0 Å². The van der Waals surface area contributed by atoms with Crippen molar-refractivity contribution < 1.29 is 37.7 Å². The predicted octanol–water partition coefficient (Wildman–Crippen LogP) is 2.87. The van der Waals surface area contributed by atoms with Gasteiger partial charge >= 0.3 is 6.18 Å². The molecular formula is C24H23F3N4O5. The van der Waals surface area contributed by atoms with Crippen molar-refractivity contribution in [1.82, 2.24) is 14.9 Å². The number of primary amides is 1. The Morgan fingerprint density at radius 2 is 1.78 bits per heavy atom. The van der Waals surface area contributed by atoms with E-state index >= 15 is 0 Å². The molecule has 1 fully saturated rings. The molecule has 9 nitrogen and oxygen atoms in total. The highest BCUT2D eigenvalue weighted by atomic mass is 19.4. The van der Waals surface area contributed by atoms with Crippen molar-refractivity contribution in [2.75, 3.05) is 26.3 Å². The van der Waals surface area contributed by atoms with Crippen LogP contribution in [0.15, 0.2) is 48.5 Å². The summed E-state index contributed by atoms with van der Waals surface area (Å²) in [5, 5.41) is 18.9. The molecule has 0 spiro atoms. The third kappa shape index (κ3) is 6.15. The minimum atomic E-state index is -4.49. The number of hydrogen-bond donors (Lipinski definition) is 3. The average Bonchev–Trinajstić information content (AvgIpc) is 2.85. The first-order valence-electron chi connectivity index (χ1n) is 10.9. The highest BCUT2D eigenvalue weighted by Gasteiger charge is 2.31. The molecule has 36 heavy (non-hydrogen) atoms. The van der Waals surface area contributed by atoms with Gasteiger partial charge in [-0.15, -0.1) is 0 Å². The first kappa shape index (κ1) is 25.5. The van der Waals surface area contributed by atoms with Crippen LogP contribution in [0, 0.1) is 0 Å². The lowest BCUT2D eigenvalue weighted by molar-refractivity contribution is -0.137. The normalized spacial score (nSPS) is 14.7. The van der Waals surface area contributed by atoms with Crippen LogP contribution in [0.2, 0.25) is 0 Å². The Morgan fingerprint density at radius 1 is 1.08 bits per heavy atom. The lowest BCUT2D eigenvalue weighted by atomic mass is 10.1. The van der Waals surface area contributed by atoms with Gasteiger partial charge in [0.1, 0.15) is 22.9 Å². The third-order valence-electron chi connectivity index (χ3n) is 5.49. The van der Waals surface area contributed by atoms with E-state index in [4.69, 9.17) is 15.2 Å². The molecule has 1 saturated heterocycles. The molecule has 4 rings (SSSR count). The van der Waals surface area contributed by atoms with Gasteiger partial charge in [-0.3, -0.25) is 9.69 Å². The molecule has 0 saturated carbocycles. The van der Waals surface area contributed by atoms with E-state index in [0.29, 0.717) is 43.2 Å². The summed E-state index contributed by atoms with van der Waals surface area (Å²) in [5.74, 6) is -0.214. The van der Waals surface area contributed by atoms with Gasteiger partial charge in [-0.25, -0.2) is 9.97 Å². The van der Waals surface area contributed by atoms with Crippen LogP contribution in [-0.4, -0.2) is 57.3 Å². The first-order chi connectivity index (χ1) is 17.1. The number of morpholine rings is 1. The fourth-order valence-electron chi connectivity index (χ4n) is 3.63. The maximum Gasteiger partial charge on any atom is 0.416 e. The van der Waals surface area contributed by atoms with E-state index in [1.165, 1.54) is 6.07 Å². The standard InChI is InChI=1S/C24H23F3N4O5/c25-24(26,27)16-3-6-20(15(11-16)13-31-7-9-35-10-8-31)36-17-4-1-14(2-5-17)22-29-18(21(28)32)12-19(30-22)23(33)34/h1-6,11-12,23,33-34H,7-10,13H2,(H2,28,32). The summed E-state index contributed by atoms with van der Waals surface area (Å²) in [6, 6.07) is 10.7. The summed E-state index contributed by atoms with van der Waals surface area (Å²) in [5.41, 5.74) is 4.92. The van der Waals surface area contributed by atoms with Crippen LogP contribution in [0.1, 0.15) is 33.6 Å². The number of nitrogens with zero attached hydrogens (tertiary/aromatic N) is 3. The molecule has 4 N–H and O–H groups in total. The van der Waals surface area contributed by atoms with Crippen LogP contribution in [0.25, 0.3) is 11.4 Å². The van der Waals surface area contributed by atoms with Crippen molar-refractivity contribution in [2.45, 2.75) is 19.0 Å². The number of alkyl halides is 3. The molecule has 1 amide bonds. The van der Waals surface area contributed by atoms with E-state index in [9.17, 15) is 28.2 Å². The molecule has 1 aliphatic heterocycles. The van der Waals surface area contributed by atoms with Crippen molar-refractivity contribution in [3.8, 4) is 22.9 Å². The topological polar surface area (TPSA) is 131 Å². The molecule has 1 aliphatic rings. The van der Waals surface area contributed by atoms with Crippen LogP contribution in [0.5, 0.6) is 11.5 Å². The van der Waals surface area contributed by atoms with Crippen LogP contribution < -0.4 is 10.5 Å². The van der Waals surface area contributed by atoms with E-state index in [2.05, 4.69) is 9.97 Å². The van der Waals surface area contributed by atoms with Crippen LogP contribution in [0.3, 0.4) is 0 Å². The summed E-state index contributed by atoms with van der Waals surface area (Å²) in [7, 11) is 0. The highest BCUT2D eigenvalue weighted by Crippen LogP contribution is 2.35. The SMILES string of the molecule is NC(=O)c1cc(C(O)O)nc(-c2ccc(Oc3ccc(C(F)(F)F)cc3CN3CCOCC3)cc2)n1. The van der Waals surface area contributed by atoms with Gasteiger partial charge in [-0.05, 0) is 48.5 Å². The second-order valence-corrected chi connectivity index (χ2v) is 8.07. The molecule has 2 aromatic carbocycles. The van der Waals surface area contributed by atoms with Gasteiger partial charge in [0.05, 0.1) is 18.8 Å². The Balaban J connectivity index is 1.60. The van der Waals surface area contributed by atoms with Gasteiger partial charge in [0.15, 0.2) is 12.1 Å². The number of carbonyl (C=O) groups is 1. The van der Waals surface area contributed by atoms with E-state index in [1.54, 1.807) is 24.3 Å².